The molecule has 2 saturated heterocycles. The van der Waals surface area contributed by atoms with Crippen molar-refractivity contribution in [2.45, 2.75) is 45.2 Å². The number of rotatable bonds is 7. The number of likely N-dealkylation sites (tertiary alicyclic amines) is 1. The highest BCUT2D eigenvalue weighted by Crippen LogP contribution is 2.45. The van der Waals surface area contributed by atoms with Crippen LogP contribution in [-0.4, -0.2) is 77.2 Å². The number of aromatic nitrogens is 2. The van der Waals surface area contributed by atoms with Crippen LogP contribution in [0.1, 0.15) is 37.8 Å². The van der Waals surface area contributed by atoms with Crippen LogP contribution in [0.25, 0.3) is 22.0 Å². The molecular formula is C31H35F2N5O3. The molecule has 4 heterocycles. The first-order valence-corrected chi connectivity index (χ1v) is 14.3. The number of hydrogen-bond donors (Lipinski definition) is 0. The molecule has 216 valence electrons. The van der Waals surface area contributed by atoms with E-state index in [1.165, 1.54) is 24.6 Å². The van der Waals surface area contributed by atoms with Crippen LogP contribution in [0.5, 0.6) is 5.75 Å². The number of amides is 1. The average molecular weight is 564 g/mol. The number of carbonyl (C=O) groups is 1. The number of nitrogens with zero attached hydrogens (tertiary/aromatic N) is 5. The Bertz CT molecular complexity index is 1580. The van der Waals surface area contributed by atoms with Gasteiger partial charge in [-0.05, 0) is 82.6 Å². The van der Waals surface area contributed by atoms with Gasteiger partial charge in [0, 0.05) is 48.3 Å². The van der Waals surface area contributed by atoms with Crippen LogP contribution in [0.4, 0.5) is 14.6 Å². The molecule has 3 aliphatic heterocycles. The van der Waals surface area contributed by atoms with E-state index in [2.05, 4.69) is 21.4 Å². The molecule has 2 atom stereocenters. The normalized spacial score (nSPS) is 20.6. The molecule has 1 aromatic heterocycles. The van der Waals surface area contributed by atoms with Crippen molar-refractivity contribution < 1.29 is 18.3 Å². The van der Waals surface area contributed by atoms with E-state index in [-0.39, 0.29) is 35.9 Å². The lowest BCUT2D eigenvalue weighted by Gasteiger charge is -2.41. The van der Waals surface area contributed by atoms with Crippen molar-refractivity contribution in [1.29, 1.82) is 0 Å². The Morgan fingerprint density at radius 3 is 2.68 bits per heavy atom. The number of ether oxygens (including phenoxy) is 1. The quantitative estimate of drug-likeness (QED) is 0.400. The van der Waals surface area contributed by atoms with Gasteiger partial charge >= 0.3 is 5.69 Å². The molecule has 41 heavy (non-hydrogen) atoms. The van der Waals surface area contributed by atoms with Crippen molar-refractivity contribution in [2.75, 3.05) is 50.8 Å². The number of anilines is 1. The predicted molar refractivity (Wildman–Crippen MR) is 154 cm³/mol. The molecule has 0 spiro atoms. The van der Waals surface area contributed by atoms with Crippen molar-refractivity contribution in [3.63, 3.8) is 0 Å². The first-order chi connectivity index (χ1) is 19.8. The van der Waals surface area contributed by atoms with Crippen LogP contribution in [0.15, 0.2) is 41.7 Å². The molecule has 0 saturated carbocycles. The maximum absolute atomic E-state index is 15.1. The van der Waals surface area contributed by atoms with E-state index >= 15 is 4.39 Å². The van der Waals surface area contributed by atoms with Crippen molar-refractivity contribution in [2.24, 2.45) is 0 Å². The highest BCUT2D eigenvalue weighted by Gasteiger charge is 2.34. The highest BCUT2D eigenvalue weighted by molar-refractivity contribution is 6.00. The minimum Gasteiger partial charge on any atom is -0.489 e. The van der Waals surface area contributed by atoms with Gasteiger partial charge in [-0.15, -0.1) is 0 Å². The lowest BCUT2D eigenvalue weighted by atomic mass is 9.94. The van der Waals surface area contributed by atoms with Crippen LogP contribution in [0, 0.1) is 18.6 Å². The summed E-state index contributed by atoms with van der Waals surface area (Å²) in [5.41, 5.74) is 1.67. The molecule has 10 heteroatoms. The number of aryl methyl sites for hydroxylation is 1. The SMILES string of the molecule is C=CC(=O)N1CCN(c2nc(=O)n3c4c(c(-c5ccc(F)cc5F)c(C)cc24)OCC3CCCN2CCC2)[C@@H](C)C1. The fourth-order valence-corrected chi connectivity index (χ4v) is 6.44. The number of carbonyl (C=O) groups excluding carboxylic acids is 1. The van der Waals surface area contributed by atoms with Crippen LogP contribution in [0.2, 0.25) is 0 Å². The van der Waals surface area contributed by atoms with Crippen molar-refractivity contribution >= 4 is 22.6 Å². The van der Waals surface area contributed by atoms with Gasteiger partial charge in [0.15, 0.2) is 5.75 Å². The summed E-state index contributed by atoms with van der Waals surface area (Å²) >= 11 is 0. The zero-order valence-electron chi connectivity index (χ0n) is 23.5. The molecule has 0 aliphatic carbocycles. The lowest BCUT2D eigenvalue weighted by Crippen LogP contribution is -2.54. The predicted octanol–water partition coefficient (Wildman–Crippen LogP) is 4.29. The van der Waals surface area contributed by atoms with Crippen LogP contribution < -0.4 is 15.3 Å². The van der Waals surface area contributed by atoms with Crippen molar-refractivity contribution in [3.8, 4) is 16.9 Å². The van der Waals surface area contributed by atoms with Crippen LogP contribution in [0.3, 0.4) is 0 Å². The topological polar surface area (TPSA) is 70.9 Å². The molecule has 2 aromatic carbocycles. The first-order valence-electron chi connectivity index (χ1n) is 14.3. The Hall–Kier alpha value is -3.79. The Morgan fingerprint density at radius 1 is 1.20 bits per heavy atom. The second-order valence-electron chi connectivity index (χ2n) is 11.3. The third kappa shape index (κ3) is 4.88. The Morgan fingerprint density at radius 2 is 2.00 bits per heavy atom. The molecule has 3 aliphatic rings. The maximum Gasteiger partial charge on any atom is 0.350 e. The number of piperazine rings is 1. The van der Waals surface area contributed by atoms with E-state index in [0.717, 1.165) is 49.5 Å². The third-order valence-electron chi connectivity index (χ3n) is 8.67. The summed E-state index contributed by atoms with van der Waals surface area (Å²) in [4.78, 5) is 36.9. The van der Waals surface area contributed by atoms with Crippen LogP contribution in [-0.2, 0) is 4.79 Å². The molecule has 1 unspecified atom stereocenters. The van der Waals surface area contributed by atoms with Gasteiger partial charge in [-0.25, -0.2) is 13.6 Å². The fraction of sp³-hybridized carbons (Fsp3) is 0.452. The van der Waals surface area contributed by atoms with Crippen LogP contribution >= 0.6 is 0 Å². The second kappa shape index (κ2) is 10.9. The van der Waals surface area contributed by atoms with E-state index in [0.29, 0.717) is 42.3 Å². The second-order valence-corrected chi connectivity index (χ2v) is 11.3. The largest absolute Gasteiger partial charge is 0.489 e. The molecule has 3 aromatic rings. The maximum atomic E-state index is 15.1. The monoisotopic (exact) mass is 563 g/mol. The first kappa shape index (κ1) is 27.4. The smallest absolute Gasteiger partial charge is 0.350 e. The molecule has 0 bridgehead atoms. The summed E-state index contributed by atoms with van der Waals surface area (Å²) in [7, 11) is 0. The van der Waals surface area contributed by atoms with Crippen molar-refractivity contribution in [1.82, 2.24) is 19.4 Å². The summed E-state index contributed by atoms with van der Waals surface area (Å²) in [5.74, 6) is -0.535. The van der Waals surface area contributed by atoms with E-state index in [9.17, 15) is 14.0 Å². The summed E-state index contributed by atoms with van der Waals surface area (Å²) in [6.45, 7) is 12.4. The Labute approximate surface area is 237 Å². The van der Waals surface area contributed by atoms with Gasteiger partial charge < -0.3 is 19.4 Å². The molecule has 6 rings (SSSR count). The minimum absolute atomic E-state index is 0.104. The van der Waals surface area contributed by atoms with E-state index in [4.69, 9.17) is 4.74 Å². The van der Waals surface area contributed by atoms with E-state index in [1.807, 2.05) is 19.9 Å². The molecule has 0 N–H and O–H groups in total. The Kier molecular flexibility index (Phi) is 7.27. The summed E-state index contributed by atoms with van der Waals surface area (Å²) in [6, 6.07) is 5.12. The Balaban J connectivity index is 1.49. The lowest BCUT2D eigenvalue weighted by molar-refractivity contribution is -0.126. The molecular weight excluding hydrogens is 528 g/mol. The van der Waals surface area contributed by atoms with Gasteiger partial charge in [-0.3, -0.25) is 9.36 Å². The molecule has 2 fully saturated rings. The van der Waals surface area contributed by atoms with Crippen molar-refractivity contribution in [3.05, 3.63) is 64.6 Å². The standard InChI is InChI=1S/C31H35F2N5O3/c1-4-26(39)36-13-14-37(20(3)17-36)30-24-15-19(2)27(23-9-8-21(32)16-25(23)33)29-28(24)38(31(40)34-30)22(18-41-29)7-5-10-35-11-6-12-35/h4,8-9,15-16,20,22H,1,5-7,10-14,17-18H2,2-3H3/t20-,22?/m0/s1. The van der Waals surface area contributed by atoms with Gasteiger partial charge in [0.1, 0.15) is 24.1 Å². The summed E-state index contributed by atoms with van der Waals surface area (Å²) in [5, 5.41) is 0.742. The summed E-state index contributed by atoms with van der Waals surface area (Å²) < 4.78 is 37.1. The van der Waals surface area contributed by atoms with Gasteiger partial charge in [0.25, 0.3) is 0 Å². The number of benzene rings is 2. The molecule has 1 amide bonds. The zero-order chi connectivity index (χ0) is 28.8. The number of hydrogen-bond acceptors (Lipinski definition) is 6. The van der Waals surface area contributed by atoms with Gasteiger partial charge in [-0.1, -0.05) is 6.58 Å². The van der Waals surface area contributed by atoms with E-state index < -0.39 is 11.6 Å². The minimum atomic E-state index is -0.691. The molecule has 0 radical (unpaired) electrons. The van der Waals surface area contributed by atoms with Gasteiger partial charge in [0.05, 0.1) is 11.6 Å². The highest BCUT2D eigenvalue weighted by atomic mass is 19.1. The fourth-order valence-electron chi connectivity index (χ4n) is 6.44. The average Bonchev–Trinajstić information content (AvgIpc) is 2.92. The summed E-state index contributed by atoms with van der Waals surface area (Å²) in [6.07, 6.45) is 4.20. The zero-order valence-corrected chi connectivity index (χ0v) is 23.5. The molecule has 8 nitrogen and oxygen atoms in total. The van der Waals surface area contributed by atoms with Gasteiger partial charge in [0.2, 0.25) is 5.91 Å². The van der Waals surface area contributed by atoms with E-state index in [1.54, 1.807) is 9.47 Å². The van der Waals surface area contributed by atoms with Gasteiger partial charge in [-0.2, -0.15) is 4.98 Å². The number of halogens is 2. The third-order valence-corrected chi connectivity index (χ3v) is 8.67.